The maximum Gasteiger partial charge on any atom is 0.499 e. The van der Waals surface area contributed by atoms with E-state index in [1.807, 2.05) is 55.4 Å². The lowest BCUT2D eigenvalue weighted by atomic mass is 9.73. The molecule has 26 heavy (non-hydrogen) atoms. The molecule has 3 rings (SSSR count). The van der Waals surface area contributed by atoms with Gasteiger partial charge in [-0.3, -0.25) is 0 Å². The lowest BCUT2D eigenvalue weighted by Crippen LogP contribution is -2.45. The lowest BCUT2D eigenvalue weighted by molar-refractivity contribution is 0.00578. The van der Waals surface area contributed by atoms with Gasteiger partial charge < -0.3 is 18.6 Å². The minimum atomic E-state index is -0.991. The van der Waals surface area contributed by atoms with E-state index in [1.54, 1.807) is 0 Å². The average molecular weight is 367 g/mol. The van der Waals surface area contributed by atoms with Gasteiger partial charge in [0.05, 0.1) is 22.4 Å². The van der Waals surface area contributed by atoms with Crippen molar-refractivity contribution < 1.29 is 27.4 Å². The molecule has 3 heterocycles. The number of pyridine rings is 1. The monoisotopic (exact) mass is 367 g/mol. The largest absolute Gasteiger partial charge is 0.499 e. The van der Waals surface area contributed by atoms with Crippen LogP contribution < -0.4 is 10.9 Å². The van der Waals surface area contributed by atoms with Gasteiger partial charge in [-0.25, -0.2) is 0 Å². The zero-order chi connectivity index (χ0) is 19.7. The standard InChI is InChI=1S/C17H25B2F2NO4/c1-14(2)15(3,4)24-18(23-14)10-9-11(13(21)22-12(10)20)19-25-16(5,6)17(7,8)26-19/h9H,1-8H3. The Hall–Kier alpha value is -1.02. The molecule has 0 N–H and O–H groups in total. The van der Waals surface area contributed by atoms with Crippen LogP contribution in [0.15, 0.2) is 6.07 Å². The highest BCUT2D eigenvalue weighted by molar-refractivity contribution is 6.65. The third-order valence-electron chi connectivity index (χ3n) is 6.00. The molecule has 0 aromatic carbocycles. The summed E-state index contributed by atoms with van der Waals surface area (Å²) in [5, 5.41) is 0. The van der Waals surface area contributed by atoms with Gasteiger partial charge in [-0.1, -0.05) is 6.07 Å². The molecular weight excluding hydrogens is 342 g/mol. The van der Waals surface area contributed by atoms with E-state index in [0.29, 0.717) is 0 Å². The molecule has 0 unspecified atom stereocenters. The van der Waals surface area contributed by atoms with E-state index in [2.05, 4.69) is 4.98 Å². The minimum absolute atomic E-state index is 0.0229. The van der Waals surface area contributed by atoms with Gasteiger partial charge in [-0.15, -0.1) is 0 Å². The molecular formula is C17H25B2F2NO4. The number of hydrogen-bond donors (Lipinski definition) is 0. The summed E-state index contributed by atoms with van der Waals surface area (Å²) in [4.78, 5) is 3.40. The van der Waals surface area contributed by atoms with Crippen LogP contribution >= 0.6 is 0 Å². The molecule has 0 radical (unpaired) electrons. The molecule has 2 aliphatic heterocycles. The normalized spacial score (nSPS) is 25.8. The summed E-state index contributed by atoms with van der Waals surface area (Å²) < 4.78 is 52.2. The third kappa shape index (κ3) is 2.99. The Kier molecular flexibility index (Phi) is 4.35. The molecule has 2 aliphatic rings. The second kappa shape index (κ2) is 5.74. The molecule has 2 saturated heterocycles. The third-order valence-corrected chi connectivity index (χ3v) is 6.00. The molecule has 0 saturated carbocycles. The molecule has 142 valence electrons. The summed E-state index contributed by atoms with van der Waals surface area (Å²) in [6.07, 6.45) is 0. The molecule has 0 bridgehead atoms. The minimum Gasteiger partial charge on any atom is -0.399 e. The van der Waals surface area contributed by atoms with E-state index in [4.69, 9.17) is 18.6 Å². The molecule has 0 spiro atoms. The fourth-order valence-electron chi connectivity index (χ4n) is 2.77. The summed E-state index contributed by atoms with van der Waals surface area (Å²) in [6.45, 7) is 14.9. The second-order valence-electron chi connectivity index (χ2n) is 8.92. The van der Waals surface area contributed by atoms with Crippen LogP contribution in [0.1, 0.15) is 55.4 Å². The highest BCUT2D eigenvalue weighted by Crippen LogP contribution is 2.38. The van der Waals surface area contributed by atoms with Crippen molar-refractivity contribution in [1.82, 2.24) is 4.98 Å². The van der Waals surface area contributed by atoms with Crippen LogP contribution in [-0.4, -0.2) is 41.6 Å². The molecule has 5 nitrogen and oxygen atoms in total. The number of aromatic nitrogens is 1. The summed E-state index contributed by atoms with van der Waals surface area (Å²) in [7, 11) is -1.98. The predicted molar refractivity (Wildman–Crippen MR) is 95.6 cm³/mol. The quantitative estimate of drug-likeness (QED) is 0.591. The van der Waals surface area contributed by atoms with E-state index >= 15 is 0 Å². The first kappa shape index (κ1) is 19.7. The van der Waals surface area contributed by atoms with Crippen LogP contribution in [0, 0.1) is 11.9 Å². The van der Waals surface area contributed by atoms with Crippen molar-refractivity contribution in [2.24, 2.45) is 0 Å². The summed E-state index contributed by atoms with van der Waals surface area (Å²) >= 11 is 0. The summed E-state index contributed by atoms with van der Waals surface area (Å²) in [5.41, 5.74) is -2.55. The van der Waals surface area contributed by atoms with Gasteiger partial charge in [-0.2, -0.15) is 13.8 Å². The van der Waals surface area contributed by atoms with Gasteiger partial charge in [0.25, 0.3) is 0 Å². The van der Waals surface area contributed by atoms with E-state index in [1.165, 1.54) is 6.07 Å². The van der Waals surface area contributed by atoms with Gasteiger partial charge in [0.15, 0.2) is 0 Å². The first-order chi connectivity index (χ1) is 11.7. The Morgan fingerprint density at radius 2 is 0.923 bits per heavy atom. The van der Waals surface area contributed by atoms with Crippen LogP contribution in [0.3, 0.4) is 0 Å². The first-order valence-corrected chi connectivity index (χ1v) is 8.74. The number of nitrogens with zero attached hydrogens (tertiary/aromatic N) is 1. The lowest BCUT2D eigenvalue weighted by Gasteiger charge is -2.32. The summed E-state index contributed by atoms with van der Waals surface area (Å²) in [5.74, 6) is -1.94. The van der Waals surface area contributed by atoms with Crippen molar-refractivity contribution in [1.29, 1.82) is 0 Å². The van der Waals surface area contributed by atoms with Gasteiger partial charge >= 0.3 is 14.2 Å². The van der Waals surface area contributed by atoms with E-state index in [-0.39, 0.29) is 10.9 Å². The fraction of sp³-hybridized carbons (Fsp3) is 0.706. The van der Waals surface area contributed by atoms with Crippen molar-refractivity contribution in [2.75, 3.05) is 0 Å². The van der Waals surface area contributed by atoms with Crippen LogP contribution in [0.25, 0.3) is 0 Å². The molecule has 2 fully saturated rings. The van der Waals surface area contributed by atoms with Crippen LogP contribution in [0.2, 0.25) is 0 Å². The average Bonchev–Trinajstić information content (AvgIpc) is 2.78. The van der Waals surface area contributed by atoms with Crippen molar-refractivity contribution >= 4 is 25.2 Å². The highest BCUT2D eigenvalue weighted by Gasteiger charge is 2.55. The Morgan fingerprint density at radius 3 is 1.19 bits per heavy atom. The number of halogens is 2. The molecule has 9 heteroatoms. The molecule has 1 aromatic rings. The van der Waals surface area contributed by atoms with E-state index in [9.17, 15) is 8.78 Å². The molecule has 1 aromatic heterocycles. The van der Waals surface area contributed by atoms with Crippen molar-refractivity contribution in [3.05, 3.63) is 18.0 Å². The predicted octanol–water partition coefficient (Wildman–Crippen LogP) is 1.96. The first-order valence-electron chi connectivity index (χ1n) is 8.74. The Morgan fingerprint density at radius 1 is 0.654 bits per heavy atom. The zero-order valence-electron chi connectivity index (χ0n) is 16.6. The Bertz CT molecular complexity index is 650. The maximum absolute atomic E-state index is 14.4. The van der Waals surface area contributed by atoms with Crippen molar-refractivity contribution in [3.63, 3.8) is 0 Å². The number of hydrogen-bond acceptors (Lipinski definition) is 5. The molecule has 0 aliphatic carbocycles. The Labute approximate surface area is 154 Å². The maximum atomic E-state index is 14.4. The fourth-order valence-corrected chi connectivity index (χ4v) is 2.77. The van der Waals surface area contributed by atoms with E-state index < -0.39 is 48.5 Å². The second-order valence-corrected chi connectivity index (χ2v) is 8.92. The van der Waals surface area contributed by atoms with Crippen LogP contribution in [0.4, 0.5) is 8.78 Å². The summed E-state index contributed by atoms with van der Waals surface area (Å²) in [6, 6.07) is 1.32. The van der Waals surface area contributed by atoms with Crippen molar-refractivity contribution in [3.8, 4) is 0 Å². The van der Waals surface area contributed by atoms with E-state index in [0.717, 1.165) is 0 Å². The van der Waals surface area contributed by atoms with Gasteiger partial charge in [-0.05, 0) is 55.4 Å². The highest BCUT2D eigenvalue weighted by atomic mass is 19.1. The van der Waals surface area contributed by atoms with Crippen LogP contribution in [0.5, 0.6) is 0 Å². The molecule has 0 atom stereocenters. The van der Waals surface area contributed by atoms with Crippen molar-refractivity contribution in [2.45, 2.75) is 77.8 Å². The Balaban J connectivity index is 1.97. The zero-order valence-corrected chi connectivity index (χ0v) is 16.6. The molecule has 0 amide bonds. The van der Waals surface area contributed by atoms with Gasteiger partial charge in [0.1, 0.15) is 0 Å². The van der Waals surface area contributed by atoms with Crippen LogP contribution in [-0.2, 0) is 18.6 Å². The van der Waals surface area contributed by atoms with Gasteiger partial charge in [0.2, 0.25) is 11.9 Å². The smallest absolute Gasteiger partial charge is 0.399 e. The topological polar surface area (TPSA) is 49.8 Å². The SMILES string of the molecule is CC1(C)OB(c2cc(B3OC(C)(C)C(C)(C)O3)c(F)nc2F)OC1(C)C. The van der Waals surface area contributed by atoms with Gasteiger partial charge in [0, 0.05) is 10.9 Å². The number of rotatable bonds is 2.